The molecule has 150 valence electrons. The van der Waals surface area contributed by atoms with E-state index in [1.807, 2.05) is 0 Å². The second-order valence-electron chi connectivity index (χ2n) is 5.98. The Balaban J connectivity index is 1.74. The van der Waals surface area contributed by atoms with E-state index < -0.39 is 33.8 Å². The van der Waals surface area contributed by atoms with Gasteiger partial charge in [0.15, 0.2) is 10.8 Å². The van der Waals surface area contributed by atoms with E-state index in [2.05, 4.69) is 10.3 Å². The number of esters is 1. The molecule has 1 aliphatic rings. The molecule has 1 atom stereocenters. The number of halogens is 1. The van der Waals surface area contributed by atoms with Crippen molar-refractivity contribution in [1.82, 2.24) is 9.29 Å². The molecular formula is C17H18FN3O5S2. The standard InChI is InChI=1S/C17H18FN3O5S2/c1-2-26-16(23)13-10-27-17(19-13)20-15(22)14-4-3-9-21(14)28(24,25)12-7-5-11(18)6-8-12/h5-8,10,14H,2-4,9H2,1H3,(H,19,20,22). The average Bonchev–Trinajstić information content (AvgIpc) is 3.32. The molecule has 1 amide bonds. The van der Waals surface area contributed by atoms with Crippen LogP contribution in [-0.2, 0) is 19.6 Å². The van der Waals surface area contributed by atoms with Crippen molar-refractivity contribution in [2.24, 2.45) is 0 Å². The summed E-state index contributed by atoms with van der Waals surface area (Å²) in [5.41, 5.74) is 0.0735. The zero-order valence-corrected chi connectivity index (χ0v) is 16.6. The maximum atomic E-state index is 13.1. The fourth-order valence-electron chi connectivity index (χ4n) is 2.85. The van der Waals surface area contributed by atoms with Crippen molar-refractivity contribution in [3.8, 4) is 0 Å². The first-order chi connectivity index (χ1) is 13.3. The fraction of sp³-hybridized carbons (Fsp3) is 0.353. The molecule has 0 bridgehead atoms. The molecule has 1 unspecified atom stereocenters. The number of nitrogens with one attached hydrogen (secondary N) is 1. The molecule has 2 heterocycles. The number of aromatic nitrogens is 1. The van der Waals surface area contributed by atoms with Crippen molar-refractivity contribution in [1.29, 1.82) is 0 Å². The summed E-state index contributed by atoms with van der Waals surface area (Å²) < 4.78 is 44.7. The van der Waals surface area contributed by atoms with Crippen LogP contribution in [0.1, 0.15) is 30.3 Å². The third-order valence-electron chi connectivity index (χ3n) is 4.15. The van der Waals surface area contributed by atoms with Crippen LogP contribution in [0, 0.1) is 5.82 Å². The number of thiazole rings is 1. The van der Waals surface area contributed by atoms with Gasteiger partial charge in [0.2, 0.25) is 15.9 Å². The molecule has 1 aromatic heterocycles. The lowest BCUT2D eigenvalue weighted by Gasteiger charge is -2.23. The van der Waals surface area contributed by atoms with Gasteiger partial charge in [0.1, 0.15) is 11.9 Å². The van der Waals surface area contributed by atoms with Crippen LogP contribution >= 0.6 is 11.3 Å². The fourth-order valence-corrected chi connectivity index (χ4v) is 5.19. The normalized spacial score (nSPS) is 17.4. The topological polar surface area (TPSA) is 106 Å². The maximum absolute atomic E-state index is 13.1. The number of ether oxygens (including phenoxy) is 1. The number of amides is 1. The van der Waals surface area contributed by atoms with Crippen molar-refractivity contribution in [3.63, 3.8) is 0 Å². The summed E-state index contributed by atoms with van der Waals surface area (Å²) in [6, 6.07) is 3.55. The van der Waals surface area contributed by atoms with Crippen LogP contribution in [0.3, 0.4) is 0 Å². The number of nitrogens with zero attached hydrogens (tertiary/aromatic N) is 2. The van der Waals surface area contributed by atoms with E-state index in [1.54, 1.807) is 6.92 Å². The Bertz CT molecular complexity index is 975. The number of sulfonamides is 1. The molecule has 3 rings (SSSR count). The molecule has 8 nitrogen and oxygen atoms in total. The predicted molar refractivity (Wildman–Crippen MR) is 100 cm³/mol. The highest BCUT2D eigenvalue weighted by Gasteiger charge is 2.39. The van der Waals surface area contributed by atoms with Gasteiger partial charge in [-0.2, -0.15) is 4.31 Å². The Morgan fingerprint density at radius 1 is 1.36 bits per heavy atom. The molecule has 1 aromatic carbocycles. The summed E-state index contributed by atoms with van der Waals surface area (Å²) in [7, 11) is -3.94. The molecule has 2 aromatic rings. The maximum Gasteiger partial charge on any atom is 0.357 e. The second kappa shape index (κ2) is 8.33. The lowest BCUT2D eigenvalue weighted by atomic mass is 10.2. The van der Waals surface area contributed by atoms with Gasteiger partial charge in [-0.15, -0.1) is 11.3 Å². The summed E-state index contributed by atoms with van der Waals surface area (Å²) in [6.45, 7) is 2.06. The van der Waals surface area contributed by atoms with Gasteiger partial charge < -0.3 is 10.1 Å². The van der Waals surface area contributed by atoms with Crippen molar-refractivity contribution in [2.75, 3.05) is 18.5 Å². The third-order valence-corrected chi connectivity index (χ3v) is 6.83. The number of hydrogen-bond donors (Lipinski definition) is 1. The Morgan fingerprint density at radius 2 is 2.07 bits per heavy atom. The molecule has 0 aliphatic carbocycles. The second-order valence-corrected chi connectivity index (χ2v) is 8.72. The minimum atomic E-state index is -3.94. The SMILES string of the molecule is CCOC(=O)c1csc(NC(=O)C2CCCN2S(=O)(=O)c2ccc(F)cc2)n1. The number of carbonyl (C=O) groups is 2. The van der Waals surface area contributed by atoms with Gasteiger partial charge in [0.05, 0.1) is 11.5 Å². The number of carbonyl (C=O) groups excluding carboxylic acids is 2. The Morgan fingerprint density at radius 3 is 2.75 bits per heavy atom. The van der Waals surface area contributed by atoms with Crippen LogP contribution < -0.4 is 5.32 Å². The highest BCUT2D eigenvalue weighted by Crippen LogP contribution is 2.27. The molecule has 0 spiro atoms. The Kier molecular flexibility index (Phi) is 6.06. The largest absolute Gasteiger partial charge is 0.461 e. The van der Waals surface area contributed by atoms with Crippen molar-refractivity contribution in [3.05, 3.63) is 41.2 Å². The van der Waals surface area contributed by atoms with Gasteiger partial charge >= 0.3 is 5.97 Å². The van der Waals surface area contributed by atoms with Gasteiger partial charge in [0.25, 0.3) is 0 Å². The van der Waals surface area contributed by atoms with Gasteiger partial charge in [-0.3, -0.25) is 4.79 Å². The van der Waals surface area contributed by atoms with Crippen LogP contribution in [0.4, 0.5) is 9.52 Å². The third kappa shape index (κ3) is 4.21. The minimum absolute atomic E-state index is 0.0735. The Labute approximate surface area is 165 Å². The molecule has 1 aliphatic heterocycles. The van der Waals surface area contributed by atoms with Gasteiger partial charge in [-0.1, -0.05) is 0 Å². The van der Waals surface area contributed by atoms with Crippen molar-refractivity contribution in [2.45, 2.75) is 30.7 Å². The monoisotopic (exact) mass is 427 g/mol. The molecule has 1 N–H and O–H groups in total. The quantitative estimate of drug-likeness (QED) is 0.709. The summed E-state index contributed by atoms with van der Waals surface area (Å²) in [6.07, 6.45) is 0.868. The smallest absolute Gasteiger partial charge is 0.357 e. The van der Waals surface area contributed by atoms with E-state index in [1.165, 1.54) is 17.5 Å². The molecule has 1 saturated heterocycles. The average molecular weight is 427 g/mol. The molecule has 0 radical (unpaired) electrons. The number of hydrogen-bond acceptors (Lipinski definition) is 7. The molecule has 11 heteroatoms. The van der Waals surface area contributed by atoms with Crippen LogP contribution in [0.2, 0.25) is 0 Å². The molecule has 1 fully saturated rings. The number of benzene rings is 1. The lowest BCUT2D eigenvalue weighted by molar-refractivity contribution is -0.119. The van der Waals surface area contributed by atoms with E-state index in [-0.39, 0.29) is 28.9 Å². The molecule has 28 heavy (non-hydrogen) atoms. The van der Waals surface area contributed by atoms with E-state index in [0.29, 0.717) is 12.8 Å². The highest BCUT2D eigenvalue weighted by molar-refractivity contribution is 7.89. The Hall–Kier alpha value is -2.37. The number of rotatable bonds is 6. The van der Waals surface area contributed by atoms with Crippen LogP contribution in [-0.4, -0.2) is 48.8 Å². The van der Waals surface area contributed by atoms with Crippen LogP contribution in [0.25, 0.3) is 0 Å². The first-order valence-corrected chi connectivity index (χ1v) is 10.9. The van der Waals surface area contributed by atoms with E-state index in [0.717, 1.165) is 27.8 Å². The van der Waals surface area contributed by atoms with Crippen molar-refractivity contribution < 1.29 is 27.1 Å². The zero-order valence-electron chi connectivity index (χ0n) is 14.9. The molecular weight excluding hydrogens is 409 g/mol. The van der Waals surface area contributed by atoms with Crippen LogP contribution in [0.15, 0.2) is 34.5 Å². The van der Waals surface area contributed by atoms with Gasteiger partial charge in [0, 0.05) is 11.9 Å². The highest BCUT2D eigenvalue weighted by atomic mass is 32.2. The number of anilines is 1. The summed E-state index contributed by atoms with van der Waals surface area (Å²) in [5, 5.41) is 4.19. The van der Waals surface area contributed by atoms with Gasteiger partial charge in [-0.05, 0) is 44.0 Å². The first kappa shape index (κ1) is 20.4. The van der Waals surface area contributed by atoms with Crippen molar-refractivity contribution >= 4 is 38.4 Å². The van der Waals surface area contributed by atoms with Crippen LogP contribution in [0.5, 0.6) is 0 Å². The molecule has 0 saturated carbocycles. The van der Waals surface area contributed by atoms with E-state index in [9.17, 15) is 22.4 Å². The lowest BCUT2D eigenvalue weighted by Crippen LogP contribution is -2.43. The minimum Gasteiger partial charge on any atom is -0.461 e. The summed E-state index contributed by atoms with van der Waals surface area (Å²) in [4.78, 5) is 28.2. The zero-order chi connectivity index (χ0) is 20.3. The van der Waals surface area contributed by atoms with E-state index in [4.69, 9.17) is 4.74 Å². The summed E-state index contributed by atoms with van der Waals surface area (Å²) >= 11 is 1.04. The summed E-state index contributed by atoms with van der Waals surface area (Å²) in [5.74, 6) is -1.68. The predicted octanol–water partition coefficient (Wildman–Crippen LogP) is 2.25. The van der Waals surface area contributed by atoms with E-state index >= 15 is 0 Å². The van der Waals surface area contributed by atoms with Gasteiger partial charge in [-0.25, -0.2) is 22.6 Å². The first-order valence-electron chi connectivity index (χ1n) is 8.54.